The van der Waals surface area contributed by atoms with Gasteiger partial charge in [-0.15, -0.1) is 5.10 Å². The minimum atomic E-state index is -0.380. The zero-order valence-corrected chi connectivity index (χ0v) is 20.2. The van der Waals surface area contributed by atoms with Crippen LogP contribution < -0.4 is 14.8 Å². The maximum absolute atomic E-state index is 13.2. The minimum Gasteiger partial charge on any atom is -0.490 e. The van der Waals surface area contributed by atoms with Crippen LogP contribution in [-0.2, 0) is 20.2 Å². The highest BCUT2D eigenvalue weighted by molar-refractivity contribution is 9.10. The molecule has 1 N–H and O–H groups in total. The lowest BCUT2D eigenvalue weighted by Gasteiger charge is -2.16. The quantitative estimate of drug-likeness (QED) is 0.286. The van der Waals surface area contributed by atoms with E-state index in [4.69, 9.17) is 21.1 Å². The summed E-state index contributed by atoms with van der Waals surface area (Å²) in [5.74, 6) is 1.68. The highest BCUT2D eigenvalue weighted by Gasteiger charge is 2.12. The number of halogens is 3. The second-order valence-electron chi connectivity index (χ2n) is 6.46. The standard InChI is InChI=1S/C20H22BrClFN5O2S/c1-3-29-18-8-14(11-24-6-7-31-20-25-26-27-28(20)2)16(21)10-19(18)30-12-13-4-5-15(23)9-17(13)22/h4-5,8-10,24H,3,6-7,11-12H2,1-2H3. The number of thioether (sulfide) groups is 1. The average molecular weight is 531 g/mol. The molecule has 0 amide bonds. The van der Waals surface area contributed by atoms with Gasteiger partial charge in [0.25, 0.3) is 0 Å². The number of nitrogens with one attached hydrogen (secondary N) is 1. The summed E-state index contributed by atoms with van der Waals surface area (Å²) < 4.78 is 27.5. The molecule has 0 aliphatic rings. The summed E-state index contributed by atoms with van der Waals surface area (Å²) in [5, 5.41) is 15.9. The van der Waals surface area contributed by atoms with Crippen LogP contribution in [-0.4, -0.2) is 39.1 Å². The van der Waals surface area contributed by atoms with Crippen LogP contribution >= 0.6 is 39.3 Å². The Labute approximate surface area is 197 Å². The number of aryl methyl sites for hydroxylation is 1. The third kappa shape index (κ3) is 6.80. The number of hydrogen-bond acceptors (Lipinski definition) is 7. The Morgan fingerprint density at radius 2 is 2.00 bits per heavy atom. The summed E-state index contributed by atoms with van der Waals surface area (Å²) in [6.45, 7) is 4.07. The highest BCUT2D eigenvalue weighted by Crippen LogP contribution is 2.35. The second-order valence-corrected chi connectivity index (χ2v) is 8.78. The van der Waals surface area contributed by atoms with Gasteiger partial charge in [0, 0.05) is 35.9 Å². The Morgan fingerprint density at radius 1 is 1.19 bits per heavy atom. The monoisotopic (exact) mass is 529 g/mol. The molecule has 0 spiro atoms. The van der Waals surface area contributed by atoms with E-state index in [1.54, 1.807) is 22.5 Å². The van der Waals surface area contributed by atoms with Crippen LogP contribution in [0.25, 0.3) is 0 Å². The van der Waals surface area contributed by atoms with Gasteiger partial charge in [0.05, 0.1) is 11.6 Å². The Balaban J connectivity index is 1.59. The van der Waals surface area contributed by atoms with Crippen LogP contribution in [0.15, 0.2) is 40.0 Å². The van der Waals surface area contributed by atoms with Crippen LogP contribution in [0, 0.1) is 5.82 Å². The van der Waals surface area contributed by atoms with Gasteiger partial charge in [-0.2, -0.15) is 0 Å². The van der Waals surface area contributed by atoms with Crippen LogP contribution in [0.2, 0.25) is 5.02 Å². The third-order valence-corrected chi connectivity index (χ3v) is 6.32. The fourth-order valence-electron chi connectivity index (χ4n) is 2.67. The largest absolute Gasteiger partial charge is 0.490 e. The number of rotatable bonds is 11. The summed E-state index contributed by atoms with van der Waals surface area (Å²) in [6.07, 6.45) is 0. The van der Waals surface area contributed by atoms with E-state index in [2.05, 4.69) is 36.8 Å². The van der Waals surface area contributed by atoms with Crippen molar-refractivity contribution >= 4 is 39.3 Å². The molecule has 31 heavy (non-hydrogen) atoms. The molecular formula is C20H22BrClFN5O2S. The molecule has 2 aromatic carbocycles. The Morgan fingerprint density at radius 3 is 2.71 bits per heavy atom. The van der Waals surface area contributed by atoms with Crippen molar-refractivity contribution < 1.29 is 13.9 Å². The molecule has 0 unspecified atom stereocenters. The van der Waals surface area contributed by atoms with Gasteiger partial charge in [0.15, 0.2) is 11.5 Å². The van der Waals surface area contributed by atoms with E-state index in [-0.39, 0.29) is 12.4 Å². The smallest absolute Gasteiger partial charge is 0.209 e. The van der Waals surface area contributed by atoms with E-state index >= 15 is 0 Å². The first-order chi connectivity index (χ1) is 15.0. The zero-order valence-electron chi connectivity index (χ0n) is 17.1. The van der Waals surface area contributed by atoms with Gasteiger partial charge in [0.1, 0.15) is 12.4 Å². The molecule has 1 aromatic heterocycles. The lowest BCUT2D eigenvalue weighted by Crippen LogP contribution is -2.17. The molecule has 0 aliphatic heterocycles. The molecule has 0 fully saturated rings. The van der Waals surface area contributed by atoms with Crippen molar-refractivity contribution in [3.63, 3.8) is 0 Å². The van der Waals surface area contributed by atoms with Gasteiger partial charge < -0.3 is 14.8 Å². The molecule has 0 radical (unpaired) electrons. The van der Waals surface area contributed by atoms with Crippen molar-refractivity contribution in [2.24, 2.45) is 7.05 Å². The van der Waals surface area contributed by atoms with Gasteiger partial charge in [-0.3, -0.25) is 0 Å². The minimum absolute atomic E-state index is 0.206. The SMILES string of the molecule is CCOc1cc(CNCCSc2nnnn2C)c(Br)cc1OCc1ccc(F)cc1Cl. The zero-order chi connectivity index (χ0) is 22.2. The molecule has 7 nitrogen and oxygen atoms in total. The van der Waals surface area contributed by atoms with Gasteiger partial charge in [-0.1, -0.05) is 45.4 Å². The van der Waals surface area contributed by atoms with Crippen molar-refractivity contribution in [3.8, 4) is 11.5 Å². The predicted molar refractivity (Wildman–Crippen MR) is 122 cm³/mol. The predicted octanol–water partition coefficient (Wildman–Crippen LogP) is 4.62. The lowest BCUT2D eigenvalue weighted by atomic mass is 10.2. The first kappa shape index (κ1) is 23.8. The molecule has 3 aromatic rings. The number of ether oxygens (including phenoxy) is 2. The molecular weight excluding hydrogens is 509 g/mol. The first-order valence-electron chi connectivity index (χ1n) is 9.55. The molecule has 1 heterocycles. The van der Waals surface area contributed by atoms with Gasteiger partial charge in [-0.05, 0) is 47.2 Å². The fourth-order valence-corrected chi connectivity index (χ4v) is 4.10. The maximum atomic E-state index is 13.2. The number of aromatic nitrogens is 4. The lowest BCUT2D eigenvalue weighted by molar-refractivity contribution is 0.269. The van der Waals surface area contributed by atoms with Gasteiger partial charge in [0.2, 0.25) is 5.16 Å². The summed E-state index contributed by atoms with van der Waals surface area (Å²) in [6, 6.07) is 8.06. The Bertz CT molecular complexity index is 1020. The highest BCUT2D eigenvalue weighted by atomic mass is 79.9. The number of nitrogens with zero attached hydrogens (tertiary/aromatic N) is 4. The third-order valence-electron chi connectivity index (χ3n) is 4.22. The Hall–Kier alpha value is -1.88. The summed E-state index contributed by atoms with van der Waals surface area (Å²) >= 11 is 11.3. The molecule has 0 atom stereocenters. The number of hydrogen-bond donors (Lipinski definition) is 1. The maximum Gasteiger partial charge on any atom is 0.209 e. The van der Waals surface area contributed by atoms with E-state index in [9.17, 15) is 4.39 Å². The number of tetrazole rings is 1. The molecule has 11 heteroatoms. The summed E-state index contributed by atoms with van der Waals surface area (Å²) in [4.78, 5) is 0. The topological polar surface area (TPSA) is 74.1 Å². The first-order valence-corrected chi connectivity index (χ1v) is 11.7. The molecule has 166 valence electrons. The molecule has 0 saturated heterocycles. The molecule has 0 aliphatic carbocycles. The van der Waals surface area contributed by atoms with Crippen LogP contribution in [0.3, 0.4) is 0 Å². The fraction of sp³-hybridized carbons (Fsp3) is 0.350. The van der Waals surface area contributed by atoms with E-state index in [0.29, 0.717) is 35.2 Å². The Kier molecular flexibility index (Phi) is 8.94. The van der Waals surface area contributed by atoms with Gasteiger partial charge >= 0.3 is 0 Å². The molecule has 0 saturated carbocycles. The summed E-state index contributed by atoms with van der Waals surface area (Å²) in [7, 11) is 1.82. The van der Waals surface area contributed by atoms with Crippen molar-refractivity contribution in [2.75, 3.05) is 18.9 Å². The van der Waals surface area contributed by atoms with Crippen LogP contribution in [0.5, 0.6) is 11.5 Å². The van der Waals surface area contributed by atoms with Crippen molar-refractivity contribution in [2.45, 2.75) is 25.2 Å². The van der Waals surface area contributed by atoms with Crippen LogP contribution in [0.1, 0.15) is 18.1 Å². The molecule has 0 bridgehead atoms. The van der Waals surface area contributed by atoms with Crippen molar-refractivity contribution in [1.82, 2.24) is 25.5 Å². The van der Waals surface area contributed by atoms with E-state index < -0.39 is 0 Å². The van der Waals surface area contributed by atoms with E-state index in [1.807, 2.05) is 26.1 Å². The van der Waals surface area contributed by atoms with Crippen molar-refractivity contribution in [3.05, 3.63) is 56.8 Å². The van der Waals surface area contributed by atoms with Crippen molar-refractivity contribution in [1.29, 1.82) is 0 Å². The summed E-state index contributed by atoms with van der Waals surface area (Å²) in [5.41, 5.74) is 1.74. The number of benzene rings is 2. The average Bonchev–Trinajstić information content (AvgIpc) is 3.14. The second kappa shape index (κ2) is 11.7. The van der Waals surface area contributed by atoms with E-state index in [1.165, 1.54) is 12.1 Å². The normalized spacial score (nSPS) is 11.0. The van der Waals surface area contributed by atoms with Gasteiger partial charge in [-0.25, -0.2) is 9.07 Å². The molecule has 3 rings (SSSR count). The van der Waals surface area contributed by atoms with Crippen LogP contribution in [0.4, 0.5) is 4.39 Å². The van der Waals surface area contributed by atoms with E-state index in [0.717, 1.165) is 27.5 Å².